The maximum atomic E-state index is 13.1. The molecule has 130 valence electrons. The first-order chi connectivity index (χ1) is 10.7. The van der Waals surface area contributed by atoms with Crippen LogP contribution in [-0.4, -0.2) is 11.3 Å². The average Bonchev–Trinajstić information content (AvgIpc) is 2.45. The Bertz CT molecular complexity index is 723. The van der Waals surface area contributed by atoms with Crippen molar-refractivity contribution in [1.29, 1.82) is 0 Å². The van der Waals surface area contributed by atoms with Gasteiger partial charge >= 0.3 is 6.36 Å². The highest BCUT2D eigenvalue weighted by atomic mass is 35.5. The van der Waals surface area contributed by atoms with Gasteiger partial charge in [0.05, 0.1) is 22.6 Å². The second kappa shape index (κ2) is 7.45. The summed E-state index contributed by atoms with van der Waals surface area (Å²) < 4.78 is 53.1. The molecule has 2 aromatic rings. The maximum Gasteiger partial charge on any atom is 0.573 e. The molecule has 0 aromatic heterocycles. The zero-order chi connectivity index (χ0) is 17.2. The molecule has 0 unspecified atom stereocenters. The Kier molecular flexibility index (Phi) is 6.10. The number of alkyl halides is 3. The molecule has 24 heavy (non-hydrogen) atoms. The number of hydrogen-bond donors (Lipinski definition) is 1. The molecule has 0 aliphatic carbocycles. The summed E-state index contributed by atoms with van der Waals surface area (Å²) >= 11 is 0. The van der Waals surface area contributed by atoms with Gasteiger partial charge in [0.1, 0.15) is 11.6 Å². The topological polar surface area (TPSA) is 78.4 Å². The van der Waals surface area contributed by atoms with Crippen LogP contribution in [0.15, 0.2) is 42.5 Å². The van der Waals surface area contributed by atoms with E-state index in [1.807, 2.05) is 0 Å². The van der Waals surface area contributed by atoms with Gasteiger partial charge in [0, 0.05) is 0 Å². The quantitative estimate of drug-likeness (QED) is 0.502. The zero-order valence-electron chi connectivity index (χ0n) is 11.8. The zero-order valence-corrected chi connectivity index (χ0v) is 12.6. The van der Waals surface area contributed by atoms with Gasteiger partial charge in [-0.15, -0.1) is 25.6 Å². The van der Waals surface area contributed by atoms with Gasteiger partial charge in [-0.1, -0.05) is 12.1 Å². The molecule has 0 aliphatic heterocycles. The van der Waals surface area contributed by atoms with Crippen LogP contribution < -0.4 is 10.5 Å². The number of halogens is 5. The highest BCUT2D eigenvalue weighted by Crippen LogP contribution is 2.30. The molecule has 0 spiro atoms. The molecule has 0 saturated carbocycles. The predicted molar refractivity (Wildman–Crippen MR) is 79.5 cm³/mol. The van der Waals surface area contributed by atoms with Gasteiger partial charge in [-0.05, 0) is 29.8 Å². The minimum absolute atomic E-state index is 0. The average molecular weight is 367 g/mol. The first kappa shape index (κ1) is 19.7. The van der Waals surface area contributed by atoms with Crippen molar-refractivity contribution in [3.8, 4) is 5.75 Å². The molecule has 2 aromatic carbocycles. The van der Waals surface area contributed by atoms with E-state index in [0.29, 0.717) is 5.56 Å². The Morgan fingerprint density at radius 1 is 1.12 bits per heavy atom. The van der Waals surface area contributed by atoms with Gasteiger partial charge in [-0.25, -0.2) is 4.39 Å². The summed E-state index contributed by atoms with van der Waals surface area (Å²) in [5.74, 6) is -1.23. The lowest BCUT2D eigenvalue weighted by Crippen LogP contribution is -2.17. The van der Waals surface area contributed by atoms with Crippen LogP contribution in [0, 0.1) is 15.9 Å². The highest BCUT2D eigenvalue weighted by molar-refractivity contribution is 5.85. The molecule has 2 rings (SSSR count). The summed E-state index contributed by atoms with van der Waals surface area (Å²) in [6.07, 6.45) is -4.82. The van der Waals surface area contributed by atoms with Crippen molar-refractivity contribution in [1.82, 2.24) is 0 Å². The van der Waals surface area contributed by atoms with E-state index in [1.54, 1.807) is 0 Å². The summed E-state index contributed by atoms with van der Waals surface area (Å²) in [5.41, 5.74) is 5.74. The van der Waals surface area contributed by atoms with Crippen LogP contribution in [0.2, 0.25) is 0 Å². The molecule has 0 aliphatic rings. The Hall–Kier alpha value is -2.39. The highest BCUT2D eigenvalue weighted by Gasteiger charge is 2.31. The lowest BCUT2D eigenvalue weighted by atomic mass is 9.98. The largest absolute Gasteiger partial charge is 0.573 e. The van der Waals surface area contributed by atoms with Crippen molar-refractivity contribution in [3.63, 3.8) is 0 Å². The van der Waals surface area contributed by atoms with E-state index < -0.39 is 34.6 Å². The normalized spacial score (nSPS) is 12.2. The van der Waals surface area contributed by atoms with Crippen LogP contribution in [-0.2, 0) is 0 Å². The summed E-state index contributed by atoms with van der Waals surface area (Å²) in [6.45, 7) is 0. The van der Waals surface area contributed by atoms with Crippen molar-refractivity contribution in [2.24, 2.45) is 5.73 Å². The number of benzene rings is 2. The smallest absolute Gasteiger partial charge is 0.406 e. The number of nitrogens with zero attached hydrogens (tertiary/aromatic N) is 1. The third kappa shape index (κ3) is 4.80. The predicted octanol–water partition coefficient (Wildman–Crippen LogP) is 4.10. The molecule has 0 saturated heterocycles. The third-order valence-electron chi connectivity index (χ3n) is 3.00. The van der Waals surface area contributed by atoms with Crippen LogP contribution in [0.3, 0.4) is 0 Å². The minimum atomic E-state index is -4.82. The number of rotatable bonds is 4. The molecular weight excluding hydrogens is 356 g/mol. The molecule has 0 heterocycles. The van der Waals surface area contributed by atoms with Crippen molar-refractivity contribution in [3.05, 3.63) is 69.5 Å². The monoisotopic (exact) mass is 366 g/mol. The minimum Gasteiger partial charge on any atom is -0.406 e. The van der Waals surface area contributed by atoms with E-state index in [2.05, 4.69) is 4.74 Å². The van der Waals surface area contributed by atoms with E-state index in [9.17, 15) is 27.7 Å². The molecule has 2 N–H and O–H groups in total. The molecule has 0 fully saturated rings. The number of nitro groups is 1. The van der Waals surface area contributed by atoms with Crippen LogP contribution in [0.1, 0.15) is 17.2 Å². The van der Waals surface area contributed by atoms with E-state index in [4.69, 9.17) is 5.73 Å². The summed E-state index contributed by atoms with van der Waals surface area (Å²) in [6, 6.07) is 6.49. The van der Waals surface area contributed by atoms with Gasteiger partial charge in [0.2, 0.25) is 0 Å². The summed E-state index contributed by atoms with van der Waals surface area (Å²) in [7, 11) is 0. The van der Waals surface area contributed by atoms with Crippen molar-refractivity contribution < 1.29 is 27.2 Å². The lowest BCUT2D eigenvalue weighted by Gasteiger charge is -2.14. The van der Waals surface area contributed by atoms with Gasteiger partial charge in [-0.3, -0.25) is 10.1 Å². The summed E-state index contributed by atoms with van der Waals surface area (Å²) in [5, 5.41) is 11.0. The number of nitro benzene ring substituents is 1. The van der Waals surface area contributed by atoms with Crippen LogP contribution in [0.25, 0.3) is 0 Å². The third-order valence-corrected chi connectivity index (χ3v) is 3.00. The van der Waals surface area contributed by atoms with Crippen molar-refractivity contribution in [2.45, 2.75) is 12.4 Å². The van der Waals surface area contributed by atoms with Gasteiger partial charge in [-0.2, -0.15) is 0 Å². The molecule has 0 amide bonds. The van der Waals surface area contributed by atoms with Crippen LogP contribution in [0.5, 0.6) is 5.75 Å². The Morgan fingerprint density at radius 3 is 2.21 bits per heavy atom. The second-order valence-corrected chi connectivity index (χ2v) is 4.55. The fourth-order valence-electron chi connectivity index (χ4n) is 1.99. The van der Waals surface area contributed by atoms with Crippen molar-refractivity contribution in [2.75, 3.05) is 0 Å². The SMILES string of the molecule is Cl.N[C@H](c1ccc(OC(F)(F)F)cc1)c1ccc(F)cc1[N+](=O)[O-]. The number of ether oxygens (including phenoxy) is 1. The van der Waals surface area contributed by atoms with Crippen molar-refractivity contribution >= 4 is 18.1 Å². The molecule has 0 radical (unpaired) electrons. The van der Waals surface area contributed by atoms with Crippen LogP contribution in [0.4, 0.5) is 23.2 Å². The first-order valence-electron chi connectivity index (χ1n) is 6.22. The molecule has 0 bridgehead atoms. The Labute approximate surface area is 139 Å². The number of nitrogens with two attached hydrogens (primary N) is 1. The molecule has 5 nitrogen and oxygen atoms in total. The van der Waals surface area contributed by atoms with Gasteiger partial charge in [0.15, 0.2) is 0 Å². The van der Waals surface area contributed by atoms with E-state index in [0.717, 1.165) is 30.3 Å². The Balaban J connectivity index is 0.00000288. The van der Waals surface area contributed by atoms with E-state index >= 15 is 0 Å². The molecule has 1 atom stereocenters. The van der Waals surface area contributed by atoms with Crippen LogP contribution >= 0.6 is 12.4 Å². The van der Waals surface area contributed by atoms with E-state index in [-0.39, 0.29) is 18.0 Å². The summed E-state index contributed by atoms with van der Waals surface area (Å²) in [4.78, 5) is 10.2. The van der Waals surface area contributed by atoms with E-state index in [1.165, 1.54) is 12.1 Å². The molecular formula is C14H11ClF4N2O3. The maximum absolute atomic E-state index is 13.1. The fraction of sp³-hybridized carbons (Fsp3) is 0.143. The lowest BCUT2D eigenvalue weighted by molar-refractivity contribution is -0.385. The van der Waals surface area contributed by atoms with Gasteiger partial charge in [0.25, 0.3) is 5.69 Å². The van der Waals surface area contributed by atoms with Gasteiger partial charge < -0.3 is 10.5 Å². The Morgan fingerprint density at radius 2 is 1.71 bits per heavy atom. The standard InChI is InChI=1S/C14H10F4N2O3.ClH/c15-9-3-6-11(12(7-9)20(21)22)13(19)8-1-4-10(5-2-8)23-14(16,17)18;/h1-7,13H,19H2;1H/t13-;/m1./s1. The number of hydrogen-bond acceptors (Lipinski definition) is 4. The second-order valence-electron chi connectivity index (χ2n) is 4.55. The molecule has 10 heteroatoms. The fourth-order valence-corrected chi connectivity index (χ4v) is 1.99. The first-order valence-corrected chi connectivity index (χ1v) is 6.22.